The van der Waals surface area contributed by atoms with Gasteiger partial charge in [0.2, 0.25) is 0 Å². The van der Waals surface area contributed by atoms with E-state index in [9.17, 15) is 0 Å². The molecule has 3 rings (SSSR count). The van der Waals surface area contributed by atoms with Crippen molar-refractivity contribution in [3.8, 4) is 6.07 Å². The molecule has 0 unspecified atom stereocenters. The minimum absolute atomic E-state index is 0.602. The molecule has 0 N–H and O–H groups in total. The number of aromatic nitrogens is 1. The summed E-state index contributed by atoms with van der Waals surface area (Å²) >= 11 is 0. The predicted octanol–water partition coefficient (Wildman–Crippen LogP) is 1.87. The summed E-state index contributed by atoms with van der Waals surface area (Å²) in [5, 5.41) is 8.78. The van der Waals surface area contributed by atoms with Gasteiger partial charge in [0.1, 0.15) is 17.6 Å². The van der Waals surface area contributed by atoms with E-state index in [4.69, 9.17) is 9.68 Å². The fourth-order valence-corrected chi connectivity index (χ4v) is 2.40. The van der Waals surface area contributed by atoms with E-state index in [1.807, 2.05) is 24.3 Å². The van der Waals surface area contributed by atoms with E-state index >= 15 is 0 Å². The fraction of sp³-hybridized carbons (Fsp3) is 0.333. The van der Waals surface area contributed by atoms with Crippen LogP contribution in [0.2, 0.25) is 0 Å². The Morgan fingerprint density at radius 2 is 2.05 bits per heavy atom. The molecule has 5 heteroatoms. The number of nitrogens with zero attached hydrogens (tertiary/aromatic N) is 4. The van der Waals surface area contributed by atoms with Crippen LogP contribution in [0.15, 0.2) is 41.1 Å². The third-order valence-corrected chi connectivity index (χ3v) is 3.53. The maximum atomic E-state index is 8.78. The van der Waals surface area contributed by atoms with Crippen LogP contribution in [-0.4, -0.2) is 36.1 Å². The Morgan fingerprint density at radius 1 is 1.20 bits per heavy atom. The molecular formula is C15H16N4O. The summed E-state index contributed by atoms with van der Waals surface area (Å²) in [7, 11) is 0. The molecule has 1 fully saturated rings. The van der Waals surface area contributed by atoms with Crippen LogP contribution >= 0.6 is 0 Å². The highest BCUT2D eigenvalue weighted by Crippen LogP contribution is 2.15. The molecule has 0 radical (unpaired) electrons. The lowest BCUT2D eigenvalue weighted by atomic mass is 10.2. The third-order valence-electron chi connectivity index (χ3n) is 3.53. The van der Waals surface area contributed by atoms with E-state index in [0.29, 0.717) is 5.56 Å². The second-order valence-corrected chi connectivity index (χ2v) is 4.86. The molecule has 1 aliphatic heterocycles. The molecule has 102 valence electrons. The van der Waals surface area contributed by atoms with Gasteiger partial charge >= 0.3 is 0 Å². The van der Waals surface area contributed by atoms with E-state index in [2.05, 4.69) is 20.9 Å². The summed E-state index contributed by atoms with van der Waals surface area (Å²) in [5.74, 6) is 1.96. The Balaban J connectivity index is 1.56. The highest BCUT2D eigenvalue weighted by atomic mass is 16.3. The summed E-state index contributed by atoms with van der Waals surface area (Å²) in [6.45, 7) is 4.73. The highest BCUT2D eigenvalue weighted by Gasteiger charge is 2.18. The second kappa shape index (κ2) is 5.76. The van der Waals surface area contributed by atoms with Gasteiger partial charge in [-0.2, -0.15) is 5.26 Å². The third kappa shape index (κ3) is 2.81. The summed E-state index contributed by atoms with van der Waals surface area (Å²) < 4.78 is 5.38. The molecule has 0 aliphatic carbocycles. The van der Waals surface area contributed by atoms with Crippen LogP contribution in [0.3, 0.4) is 0 Å². The van der Waals surface area contributed by atoms with Crippen LogP contribution < -0.4 is 4.90 Å². The van der Waals surface area contributed by atoms with Crippen LogP contribution in [0, 0.1) is 11.3 Å². The molecule has 5 nitrogen and oxygen atoms in total. The number of anilines is 1. The van der Waals surface area contributed by atoms with Gasteiger partial charge in [-0.3, -0.25) is 4.90 Å². The lowest BCUT2D eigenvalue weighted by molar-refractivity contribution is 0.230. The number of pyridine rings is 1. The second-order valence-electron chi connectivity index (χ2n) is 4.86. The van der Waals surface area contributed by atoms with Gasteiger partial charge in [-0.15, -0.1) is 0 Å². The van der Waals surface area contributed by atoms with Crippen molar-refractivity contribution < 1.29 is 4.42 Å². The van der Waals surface area contributed by atoms with E-state index in [-0.39, 0.29) is 0 Å². The normalized spacial score (nSPS) is 16.1. The Morgan fingerprint density at radius 3 is 2.65 bits per heavy atom. The van der Waals surface area contributed by atoms with Crippen LogP contribution in [-0.2, 0) is 6.54 Å². The summed E-state index contributed by atoms with van der Waals surface area (Å²) in [6, 6.07) is 9.76. The number of hydrogen-bond donors (Lipinski definition) is 0. The van der Waals surface area contributed by atoms with Gasteiger partial charge < -0.3 is 9.32 Å². The summed E-state index contributed by atoms with van der Waals surface area (Å²) in [6.07, 6.45) is 3.34. The largest absolute Gasteiger partial charge is 0.468 e. The van der Waals surface area contributed by atoms with Crippen molar-refractivity contribution in [2.45, 2.75) is 6.54 Å². The fourth-order valence-electron chi connectivity index (χ4n) is 2.40. The molecule has 0 amide bonds. The Bertz CT molecular complexity index is 577. The lowest BCUT2D eigenvalue weighted by Gasteiger charge is -2.34. The molecule has 1 aliphatic rings. The van der Waals surface area contributed by atoms with Crippen LogP contribution in [0.25, 0.3) is 0 Å². The molecule has 0 aromatic carbocycles. The molecular weight excluding hydrogens is 252 g/mol. The maximum Gasteiger partial charge on any atom is 0.128 e. The van der Waals surface area contributed by atoms with Crippen LogP contribution in [0.4, 0.5) is 5.82 Å². The van der Waals surface area contributed by atoms with Gasteiger partial charge in [0.15, 0.2) is 0 Å². The number of furan rings is 1. The van der Waals surface area contributed by atoms with Crippen LogP contribution in [0.5, 0.6) is 0 Å². The monoisotopic (exact) mass is 268 g/mol. The van der Waals surface area contributed by atoms with Gasteiger partial charge in [-0.25, -0.2) is 4.98 Å². The van der Waals surface area contributed by atoms with Crippen molar-refractivity contribution in [1.29, 1.82) is 5.26 Å². The van der Waals surface area contributed by atoms with Gasteiger partial charge in [-0.05, 0) is 24.3 Å². The number of piperazine rings is 1. The quantitative estimate of drug-likeness (QED) is 0.850. The molecule has 0 bridgehead atoms. The first-order valence-corrected chi connectivity index (χ1v) is 6.71. The topological polar surface area (TPSA) is 56.3 Å². The first kappa shape index (κ1) is 12.7. The van der Waals surface area contributed by atoms with Gasteiger partial charge in [0.25, 0.3) is 0 Å². The van der Waals surface area contributed by atoms with Gasteiger partial charge in [0.05, 0.1) is 18.4 Å². The smallest absolute Gasteiger partial charge is 0.128 e. The molecule has 20 heavy (non-hydrogen) atoms. The zero-order valence-electron chi connectivity index (χ0n) is 11.2. The summed E-state index contributed by atoms with van der Waals surface area (Å²) in [4.78, 5) is 8.96. The minimum Gasteiger partial charge on any atom is -0.468 e. The van der Waals surface area contributed by atoms with E-state index < -0.39 is 0 Å². The summed E-state index contributed by atoms with van der Waals surface area (Å²) in [5.41, 5.74) is 0.602. The highest BCUT2D eigenvalue weighted by molar-refractivity contribution is 5.42. The predicted molar refractivity (Wildman–Crippen MR) is 75.2 cm³/mol. The standard InChI is InChI=1S/C15H16N4O/c16-10-13-3-4-15(17-11-13)19-7-5-18(6-8-19)12-14-2-1-9-20-14/h1-4,9,11H,5-8,12H2. The van der Waals surface area contributed by atoms with Crippen molar-refractivity contribution in [2.24, 2.45) is 0 Å². The first-order valence-electron chi connectivity index (χ1n) is 6.71. The van der Waals surface area contributed by atoms with Crippen molar-refractivity contribution in [2.75, 3.05) is 31.1 Å². The van der Waals surface area contributed by atoms with Crippen molar-refractivity contribution in [3.63, 3.8) is 0 Å². The number of rotatable bonds is 3. The molecule has 2 aromatic rings. The Hall–Kier alpha value is -2.32. The zero-order valence-corrected chi connectivity index (χ0v) is 11.2. The van der Waals surface area contributed by atoms with Crippen molar-refractivity contribution in [3.05, 3.63) is 48.0 Å². The first-order chi connectivity index (χ1) is 9.85. The SMILES string of the molecule is N#Cc1ccc(N2CCN(Cc3ccco3)CC2)nc1. The van der Waals surface area contributed by atoms with E-state index in [1.165, 1.54) is 0 Å². The van der Waals surface area contributed by atoms with E-state index in [0.717, 1.165) is 44.3 Å². The molecule has 1 saturated heterocycles. The van der Waals surface area contributed by atoms with Gasteiger partial charge in [0, 0.05) is 32.4 Å². The number of hydrogen-bond acceptors (Lipinski definition) is 5. The number of nitriles is 1. The maximum absolute atomic E-state index is 8.78. The van der Waals surface area contributed by atoms with Crippen molar-refractivity contribution in [1.82, 2.24) is 9.88 Å². The molecule has 2 aromatic heterocycles. The van der Waals surface area contributed by atoms with Gasteiger partial charge in [-0.1, -0.05) is 0 Å². The zero-order chi connectivity index (χ0) is 13.8. The molecule has 0 saturated carbocycles. The van der Waals surface area contributed by atoms with Crippen molar-refractivity contribution >= 4 is 5.82 Å². The average Bonchev–Trinajstić information content (AvgIpc) is 3.01. The molecule has 0 spiro atoms. The minimum atomic E-state index is 0.602. The average molecular weight is 268 g/mol. The van der Waals surface area contributed by atoms with Crippen LogP contribution in [0.1, 0.15) is 11.3 Å². The Labute approximate surface area is 118 Å². The molecule has 0 atom stereocenters. The van der Waals surface area contributed by atoms with E-state index in [1.54, 1.807) is 12.5 Å². The molecule has 3 heterocycles. The Kier molecular flexibility index (Phi) is 3.66. The lowest BCUT2D eigenvalue weighted by Crippen LogP contribution is -2.46.